The number of hydrogen-bond donors (Lipinski definition) is 0. The van der Waals surface area contributed by atoms with Crippen LogP contribution >= 0.6 is 11.8 Å². The van der Waals surface area contributed by atoms with Crippen LogP contribution in [0.15, 0.2) is 29.9 Å². The van der Waals surface area contributed by atoms with Gasteiger partial charge in [-0.15, -0.1) is 0 Å². The van der Waals surface area contributed by atoms with E-state index in [4.69, 9.17) is 4.74 Å². The second kappa shape index (κ2) is 7.24. The highest BCUT2D eigenvalue weighted by molar-refractivity contribution is 7.99. The van der Waals surface area contributed by atoms with E-state index < -0.39 is 0 Å². The predicted octanol–water partition coefficient (Wildman–Crippen LogP) is 3.58. The summed E-state index contributed by atoms with van der Waals surface area (Å²) in [5, 5.41) is 0.824. The molecule has 1 aliphatic carbocycles. The van der Waals surface area contributed by atoms with Gasteiger partial charge in [0.2, 0.25) is 0 Å². The van der Waals surface area contributed by atoms with Crippen LogP contribution in [0.3, 0.4) is 0 Å². The Balaban J connectivity index is 1.77. The van der Waals surface area contributed by atoms with Gasteiger partial charge in [0.25, 0.3) is 0 Å². The minimum Gasteiger partial charge on any atom is -0.381 e. The van der Waals surface area contributed by atoms with Crippen molar-refractivity contribution in [2.24, 2.45) is 0 Å². The third-order valence-electron chi connectivity index (χ3n) is 4.20. The van der Waals surface area contributed by atoms with Gasteiger partial charge in [0, 0.05) is 37.9 Å². The molecule has 0 aromatic carbocycles. The van der Waals surface area contributed by atoms with E-state index in [9.17, 15) is 0 Å². The van der Waals surface area contributed by atoms with Gasteiger partial charge in [0.1, 0.15) is 5.82 Å². The van der Waals surface area contributed by atoms with Gasteiger partial charge in [0.15, 0.2) is 5.16 Å². The molecule has 3 rings (SSSR count). The van der Waals surface area contributed by atoms with Crippen LogP contribution in [0.25, 0.3) is 11.4 Å². The monoisotopic (exact) mass is 318 g/mol. The molecule has 1 aliphatic rings. The third-order valence-corrected chi connectivity index (χ3v) is 4.96. The summed E-state index contributed by atoms with van der Waals surface area (Å²) >= 11 is 1.65. The summed E-state index contributed by atoms with van der Waals surface area (Å²) in [6, 6.07) is 0.494. The van der Waals surface area contributed by atoms with Crippen LogP contribution in [-0.2, 0) is 4.74 Å². The molecule has 0 bridgehead atoms. The van der Waals surface area contributed by atoms with Gasteiger partial charge in [-0.1, -0.05) is 18.7 Å². The standard InChI is InChI=1S/C16H22N4OS/c1-3-22-16-18-10-12(11-19-16)15-17-8-9-20(15)13-4-6-14(21-2)7-5-13/h8-11,13-14H,3-7H2,1-2H3. The van der Waals surface area contributed by atoms with E-state index in [1.807, 2.05) is 18.6 Å². The quantitative estimate of drug-likeness (QED) is 0.623. The Morgan fingerprint density at radius 3 is 2.55 bits per heavy atom. The van der Waals surface area contributed by atoms with E-state index in [2.05, 4.69) is 32.6 Å². The summed E-state index contributed by atoms with van der Waals surface area (Å²) in [5.41, 5.74) is 0.985. The van der Waals surface area contributed by atoms with Crippen LogP contribution in [0.1, 0.15) is 38.6 Å². The molecule has 2 aromatic heterocycles. The Hall–Kier alpha value is -1.40. The number of imidazole rings is 1. The maximum Gasteiger partial charge on any atom is 0.187 e. The fourth-order valence-corrected chi connectivity index (χ4v) is 3.54. The molecule has 2 aromatic rings. The maximum absolute atomic E-state index is 5.46. The number of methoxy groups -OCH3 is 1. The van der Waals surface area contributed by atoms with Gasteiger partial charge >= 0.3 is 0 Å². The smallest absolute Gasteiger partial charge is 0.187 e. The molecule has 0 saturated heterocycles. The van der Waals surface area contributed by atoms with Crippen LogP contribution in [0.2, 0.25) is 0 Å². The number of hydrogen-bond acceptors (Lipinski definition) is 5. The molecule has 5 nitrogen and oxygen atoms in total. The molecular weight excluding hydrogens is 296 g/mol. The highest BCUT2D eigenvalue weighted by Crippen LogP contribution is 2.32. The molecule has 118 valence electrons. The fraction of sp³-hybridized carbons (Fsp3) is 0.562. The van der Waals surface area contributed by atoms with Crippen molar-refractivity contribution in [1.29, 1.82) is 0 Å². The van der Waals surface area contributed by atoms with E-state index in [0.717, 1.165) is 48.0 Å². The number of ether oxygens (including phenoxy) is 1. The normalized spacial score (nSPS) is 21.9. The first kappa shape index (κ1) is 15.5. The first-order valence-corrected chi connectivity index (χ1v) is 8.81. The van der Waals surface area contributed by atoms with Crippen molar-refractivity contribution in [2.75, 3.05) is 12.9 Å². The molecule has 0 unspecified atom stereocenters. The lowest BCUT2D eigenvalue weighted by atomic mass is 9.92. The van der Waals surface area contributed by atoms with E-state index in [1.165, 1.54) is 0 Å². The van der Waals surface area contributed by atoms with Crippen LogP contribution in [0, 0.1) is 0 Å². The van der Waals surface area contributed by atoms with Crippen molar-refractivity contribution in [3.05, 3.63) is 24.8 Å². The number of nitrogens with zero attached hydrogens (tertiary/aromatic N) is 4. The van der Waals surface area contributed by atoms with E-state index in [-0.39, 0.29) is 0 Å². The van der Waals surface area contributed by atoms with Gasteiger partial charge in [-0.2, -0.15) is 0 Å². The van der Waals surface area contributed by atoms with Crippen LogP contribution in [0.5, 0.6) is 0 Å². The highest BCUT2D eigenvalue weighted by Gasteiger charge is 2.24. The predicted molar refractivity (Wildman–Crippen MR) is 88.0 cm³/mol. The lowest BCUT2D eigenvalue weighted by Gasteiger charge is -2.29. The Bertz CT molecular complexity index is 590. The Labute approximate surface area is 135 Å². The van der Waals surface area contributed by atoms with Gasteiger partial charge in [-0.3, -0.25) is 0 Å². The molecule has 0 amide bonds. The summed E-state index contributed by atoms with van der Waals surface area (Å²) in [6.45, 7) is 2.10. The number of aromatic nitrogens is 4. The van der Waals surface area contributed by atoms with Crippen LogP contribution in [0.4, 0.5) is 0 Å². The first-order valence-electron chi connectivity index (χ1n) is 7.82. The van der Waals surface area contributed by atoms with Crippen molar-refractivity contribution in [3.63, 3.8) is 0 Å². The van der Waals surface area contributed by atoms with Crippen molar-refractivity contribution in [1.82, 2.24) is 19.5 Å². The van der Waals surface area contributed by atoms with Crippen molar-refractivity contribution >= 4 is 11.8 Å². The average Bonchev–Trinajstić information content (AvgIpc) is 3.05. The largest absolute Gasteiger partial charge is 0.381 e. The molecule has 1 fully saturated rings. The number of thioether (sulfide) groups is 1. The fourth-order valence-electron chi connectivity index (χ4n) is 3.03. The average molecular weight is 318 g/mol. The second-order valence-corrected chi connectivity index (χ2v) is 6.74. The van der Waals surface area contributed by atoms with Gasteiger partial charge < -0.3 is 9.30 Å². The molecule has 1 saturated carbocycles. The van der Waals surface area contributed by atoms with E-state index in [1.54, 1.807) is 18.9 Å². The number of rotatable bonds is 5. The van der Waals surface area contributed by atoms with Crippen LogP contribution < -0.4 is 0 Å². The second-order valence-electron chi connectivity index (χ2n) is 5.51. The van der Waals surface area contributed by atoms with Crippen molar-refractivity contribution in [2.45, 2.75) is 49.9 Å². The molecule has 2 heterocycles. The summed E-state index contributed by atoms with van der Waals surface area (Å²) < 4.78 is 7.74. The minimum atomic E-state index is 0.414. The Kier molecular flexibility index (Phi) is 5.10. The zero-order valence-corrected chi connectivity index (χ0v) is 13.9. The first-order chi connectivity index (χ1) is 10.8. The molecule has 0 atom stereocenters. The van der Waals surface area contributed by atoms with E-state index in [0.29, 0.717) is 12.1 Å². The lowest BCUT2D eigenvalue weighted by molar-refractivity contribution is 0.0586. The summed E-state index contributed by atoms with van der Waals surface area (Å²) in [7, 11) is 1.81. The lowest BCUT2D eigenvalue weighted by Crippen LogP contribution is -2.22. The molecule has 0 N–H and O–H groups in total. The molecule has 22 heavy (non-hydrogen) atoms. The molecule has 0 aliphatic heterocycles. The zero-order valence-electron chi connectivity index (χ0n) is 13.1. The van der Waals surface area contributed by atoms with Gasteiger partial charge in [0.05, 0.1) is 11.7 Å². The third kappa shape index (κ3) is 3.33. The zero-order chi connectivity index (χ0) is 15.4. The molecule has 6 heteroatoms. The minimum absolute atomic E-state index is 0.414. The molecule has 0 radical (unpaired) electrons. The Morgan fingerprint density at radius 1 is 1.18 bits per heavy atom. The molecular formula is C16H22N4OS. The molecule has 0 spiro atoms. The highest BCUT2D eigenvalue weighted by atomic mass is 32.2. The van der Waals surface area contributed by atoms with Crippen molar-refractivity contribution < 1.29 is 4.74 Å². The SMILES string of the molecule is CCSc1ncc(-c2nccn2C2CCC(OC)CC2)cn1. The van der Waals surface area contributed by atoms with E-state index >= 15 is 0 Å². The summed E-state index contributed by atoms with van der Waals surface area (Å²) in [6.07, 6.45) is 12.6. The van der Waals surface area contributed by atoms with Crippen molar-refractivity contribution in [3.8, 4) is 11.4 Å². The maximum atomic E-state index is 5.46. The topological polar surface area (TPSA) is 52.8 Å². The summed E-state index contributed by atoms with van der Waals surface area (Å²) in [4.78, 5) is 13.4. The van der Waals surface area contributed by atoms with Gasteiger partial charge in [-0.05, 0) is 31.4 Å². The Morgan fingerprint density at radius 2 is 1.91 bits per heavy atom. The summed E-state index contributed by atoms with van der Waals surface area (Å²) in [5.74, 6) is 1.95. The van der Waals surface area contributed by atoms with Crippen LogP contribution in [-0.4, -0.2) is 38.5 Å². The van der Waals surface area contributed by atoms with Gasteiger partial charge in [-0.25, -0.2) is 15.0 Å².